The molecule has 2 aromatic carbocycles. The first-order chi connectivity index (χ1) is 14.2. The fourth-order valence-corrected chi connectivity index (χ4v) is 3.75. The molecule has 0 radical (unpaired) electrons. The molecule has 8 nitrogen and oxygen atoms in total. The van der Waals surface area contributed by atoms with E-state index in [4.69, 9.17) is 23.4 Å². The monoisotopic (exact) mass is 434 g/mol. The largest absolute Gasteiger partial charge is 0.463 e. The maximum atomic E-state index is 12.7. The van der Waals surface area contributed by atoms with Gasteiger partial charge in [-0.25, -0.2) is 4.79 Å². The molecule has 0 spiro atoms. The number of benzene rings is 2. The Labute approximate surface area is 177 Å². The van der Waals surface area contributed by atoms with E-state index >= 15 is 0 Å². The number of nitrogens with zero attached hydrogens (tertiary/aromatic N) is 2. The van der Waals surface area contributed by atoms with Crippen molar-refractivity contribution >= 4 is 23.0 Å². The molecule has 2 aliphatic rings. The Hall–Kier alpha value is -2.62. The summed E-state index contributed by atoms with van der Waals surface area (Å²) in [6.07, 6.45) is 0.939. The van der Waals surface area contributed by atoms with Crippen molar-refractivity contribution in [3.8, 4) is 0 Å². The molecule has 0 saturated carbocycles. The molecule has 4 rings (SSSR count). The number of fused-ring (bicyclic) bond motifs is 3. The minimum Gasteiger partial charge on any atom is -0.463 e. The van der Waals surface area contributed by atoms with E-state index in [0.717, 1.165) is 41.4 Å². The van der Waals surface area contributed by atoms with Gasteiger partial charge in [-0.3, -0.25) is 4.90 Å². The summed E-state index contributed by atoms with van der Waals surface area (Å²) in [6.45, 7) is 5.26. The zero-order valence-corrected chi connectivity index (χ0v) is 17.4. The predicted octanol–water partition coefficient (Wildman–Crippen LogP) is 0.335. The summed E-state index contributed by atoms with van der Waals surface area (Å²) < 4.78 is 38.1. The molecule has 160 valence electrons. The molecule has 0 saturated heterocycles. The van der Waals surface area contributed by atoms with Crippen molar-refractivity contribution in [3.05, 3.63) is 66.0 Å². The number of para-hydroxylation sites is 3. The Kier molecular flexibility index (Phi) is 6.64. The van der Waals surface area contributed by atoms with Crippen LogP contribution in [-0.2, 0) is 9.53 Å². The van der Waals surface area contributed by atoms with E-state index in [0.29, 0.717) is 6.61 Å². The molecule has 0 aliphatic carbocycles. The molecule has 1 unspecified atom stereocenters. The van der Waals surface area contributed by atoms with Crippen LogP contribution in [0, 0.1) is 16.2 Å². The fraction of sp³-hybridized carbons (Fsp3) is 0.286. The molecule has 1 atom stereocenters. The standard InChI is InChI=1S/C21H22N2O2.ClHO4/c1-3-25-21(24)19-15(2)13-14-22-17-11-7-8-12-18(17)23(20(19)22)16-9-5-4-6-10-16;2-1(3,4)5/h4-12,15H,3,13-14H2,1-2H3;(H,2,3,4,5). The van der Waals surface area contributed by atoms with Crippen LogP contribution in [0.1, 0.15) is 20.3 Å². The van der Waals surface area contributed by atoms with Crippen molar-refractivity contribution in [2.75, 3.05) is 23.0 Å². The number of hydrogen-bond donors (Lipinski definition) is 1. The zero-order chi connectivity index (χ0) is 21.9. The smallest absolute Gasteiger partial charge is 0.337 e. The molecule has 2 aromatic rings. The number of anilines is 3. The zero-order valence-electron chi connectivity index (χ0n) is 16.7. The molecule has 0 aromatic heterocycles. The summed E-state index contributed by atoms with van der Waals surface area (Å²) in [5, 5.41) is 0. The Balaban J connectivity index is 0.000000461. The first-order valence-corrected chi connectivity index (χ1v) is 10.7. The van der Waals surface area contributed by atoms with Crippen LogP contribution in [0.2, 0.25) is 0 Å². The van der Waals surface area contributed by atoms with Crippen LogP contribution in [-0.4, -0.2) is 23.8 Å². The van der Waals surface area contributed by atoms with E-state index in [-0.39, 0.29) is 11.9 Å². The third-order valence-corrected chi connectivity index (χ3v) is 4.91. The lowest BCUT2D eigenvalue weighted by Crippen LogP contribution is -2.58. The van der Waals surface area contributed by atoms with E-state index in [1.54, 1.807) is 0 Å². The summed E-state index contributed by atoms with van der Waals surface area (Å²) in [5.41, 5.74) is 4.09. The second-order valence-electron chi connectivity index (χ2n) is 6.85. The summed E-state index contributed by atoms with van der Waals surface area (Å²) in [6, 6.07) is 18.5. The van der Waals surface area contributed by atoms with Crippen LogP contribution in [0.3, 0.4) is 0 Å². The fourth-order valence-electron chi connectivity index (χ4n) is 3.75. The highest BCUT2D eigenvalue weighted by molar-refractivity contribution is 5.98. The average Bonchev–Trinajstić information content (AvgIpc) is 3.01. The predicted molar refractivity (Wildman–Crippen MR) is 102 cm³/mol. The molecule has 2 heterocycles. The normalized spacial score (nSPS) is 17.7. The van der Waals surface area contributed by atoms with Gasteiger partial charge in [0, 0.05) is 12.2 Å². The van der Waals surface area contributed by atoms with Crippen molar-refractivity contribution in [3.63, 3.8) is 0 Å². The van der Waals surface area contributed by atoms with Gasteiger partial charge in [0.1, 0.15) is 5.82 Å². The maximum Gasteiger partial charge on any atom is 0.337 e. The van der Waals surface area contributed by atoms with Gasteiger partial charge in [-0.15, -0.1) is 0 Å². The van der Waals surface area contributed by atoms with Crippen LogP contribution in [0.15, 0.2) is 66.0 Å². The highest BCUT2D eigenvalue weighted by atomic mass is 35.7. The number of carbonyl (C=O) groups is 1. The minimum atomic E-state index is -4.69. The van der Waals surface area contributed by atoms with Gasteiger partial charge in [0.2, 0.25) is 0 Å². The Morgan fingerprint density at radius 1 is 1.10 bits per heavy atom. The second-order valence-corrected chi connectivity index (χ2v) is 7.65. The number of carbonyl (C=O) groups excluding carboxylic acids is 1. The van der Waals surface area contributed by atoms with Crippen LogP contribution in [0.5, 0.6) is 0 Å². The van der Waals surface area contributed by atoms with Crippen molar-refractivity contribution in [1.29, 1.82) is 0 Å². The van der Waals surface area contributed by atoms with Crippen molar-refractivity contribution in [2.45, 2.75) is 20.3 Å². The van der Waals surface area contributed by atoms with Gasteiger partial charge in [-0.05, 0) is 43.5 Å². The van der Waals surface area contributed by atoms with Crippen LogP contribution in [0.4, 0.5) is 17.1 Å². The van der Waals surface area contributed by atoms with E-state index < -0.39 is 10.2 Å². The first-order valence-electron chi connectivity index (χ1n) is 9.48. The number of halogens is 1. The Morgan fingerprint density at radius 2 is 1.67 bits per heavy atom. The molecule has 0 amide bonds. The van der Waals surface area contributed by atoms with E-state index in [1.807, 2.05) is 37.3 Å². The summed E-state index contributed by atoms with van der Waals surface area (Å²) in [7, 11) is -4.69. The maximum absolute atomic E-state index is 12.7. The number of ether oxygens (including phenoxy) is 1. The van der Waals surface area contributed by atoms with Crippen molar-refractivity contribution < 1.29 is 38.4 Å². The lowest BCUT2D eigenvalue weighted by molar-refractivity contribution is -1.92. The van der Waals surface area contributed by atoms with Gasteiger partial charge in [0.15, 0.2) is 0 Å². The van der Waals surface area contributed by atoms with Crippen LogP contribution >= 0.6 is 0 Å². The van der Waals surface area contributed by atoms with Crippen LogP contribution in [0.25, 0.3) is 0 Å². The highest BCUT2D eigenvalue weighted by Crippen LogP contribution is 2.49. The van der Waals surface area contributed by atoms with E-state index in [1.165, 1.54) is 0 Å². The lowest BCUT2D eigenvalue weighted by atomic mass is 9.93. The number of esters is 1. The highest BCUT2D eigenvalue weighted by Gasteiger charge is 2.41. The molecule has 1 N–H and O–H groups in total. The van der Waals surface area contributed by atoms with Crippen molar-refractivity contribution in [1.82, 2.24) is 0 Å². The molecular weight excluding hydrogens is 412 g/mol. The van der Waals surface area contributed by atoms with Gasteiger partial charge in [-0.2, -0.15) is 14.0 Å². The number of hydrogen-bond acceptors (Lipinski definition) is 8. The molecular formula is C21H23ClN2O6. The lowest BCUT2D eigenvalue weighted by Gasteiger charge is -2.34. The number of rotatable bonds is 3. The van der Waals surface area contributed by atoms with Gasteiger partial charge in [0.05, 0.1) is 38.5 Å². The molecule has 0 bridgehead atoms. The molecule has 2 aliphatic heterocycles. The van der Waals surface area contributed by atoms with E-state index in [9.17, 15) is 4.79 Å². The molecule has 0 fully saturated rings. The second kappa shape index (κ2) is 9.03. The third kappa shape index (κ3) is 4.75. The minimum absolute atomic E-state index is 0.172. The molecule has 30 heavy (non-hydrogen) atoms. The van der Waals surface area contributed by atoms with E-state index in [2.05, 4.69) is 41.0 Å². The summed E-state index contributed by atoms with van der Waals surface area (Å²) in [4.78, 5) is 17.2. The Bertz CT molecular complexity index is 923. The topological polar surface area (TPSA) is 122 Å². The summed E-state index contributed by atoms with van der Waals surface area (Å²) in [5.74, 6) is 0.916. The molecule has 9 heteroatoms. The summed E-state index contributed by atoms with van der Waals surface area (Å²) >= 11 is 0. The Morgan fingerprint density at radius 3 is 2.27 bits per heavy atom. The quantitative estimate of drug-likeness (QED) is 0.686. The van der Waals surface area contributed by atoms with Crippen LogP contribution < -0.4 is 23.8 Å². The average molecular weight is 435 g/mol. The van der Waals surface area contributed by atoms with Gasteiger partial charge < -0.3 is 9.64 Å². The third-order valence-electron chi connectivity index (χ3n) is 4.91. The van der Waals surface area contributed by atoms with Gasteiger partial charge in [0.25, 0.3) is 0 Å². The van der Waals surface area contributed by atoms with Gasteiger partial charge in [-0.1, -0.05) is 37.3 Å². The van der Waals surface area contributed by atoms with Gasteiger partial charge >= 0.3 is 5.97 Å². The van der Waals surface area contributed by atoms with Crippen molar-refractivity contribution in [2.24, 2.45) is 5.92 Å². The SMILES string of the molecule is CCOC(=O)C1=C2N(CCC1C)c1ccccc1N2c1ccccc1.[O-][Cl+3]([O-])([O-])O. The first kappa shape index (κ1) is 22.1.